The zero-order valence-corrected chi connectivity index (χ0v) is 16.9. The molecule has 0 saturated carbocycles. The van der Waals surface area contributed by atoms with Gasteiger partial charge in [0.1, 0.15) is 17.5 Å². The lowest BCUT2D eigenvalue weighted by Gasteiger charge is -2.22. The summed E-state index contributed by atoms with van der Waals surface area (Å²) in [5, 5.41) is 9.45. The molecule has 1 atom stereocenters. The van der Waals surface area contributed by atoms with Crippen LogP contribution < -0.4 is 4.74 Å². The van der Waals surface area contributed by atoms with E-state index in [-0.39, 0.29) is 12.0 Å². The average Bonchev–Trinajstić information content (AvgIpc) is 2.73. The van der Waals surface area contributed by atoms with Crippen LogP contribution in [0.1, 0.15) is 42.1 Å². The van der Waals surface area contributed by atoms with Gasteiger partial charge in [0.05, 0.1) is 7.11 Å². The predicted octanol–water partition coefficient (Wildman–Crippen LogP) is 4.41. The molecule has 29 heavy (non-hydrogen) atoms. The largest absolute Gasteiger partial charge is 0.496 e. The zero-order chi connectivity index (χ0) is 21.2. The minimum absolute atomic E-state index is 0.227. The highest BCUT2D eigenvalue weighted by Gasteiger charge is 2.26. The number of methoxy groups -OCH3 is 1. The molecule has 1 N–H and O–H groups in total. The van der Waals surface area contributed by atoms with Crippen molar-refractivity contribution in [3.63, 3.8) is 0 Å². The summed E-state index contributed by atoms with van der Waals surface area (Å²) in [6.45, 7) is 4.48. The van der Waals surface area contributed by atoms with Gasteiger partial charge in [-0.05, 0) is 56.3 Å². The van der Waals surface area contributed by atoms with Crippen LogP contribution in [0.3, 0.4) is 0 Å². The summed E-state index contributed by atoms with van der Waals surface area (Å²) >= 11 is 0. The molecule has 2 aromatic rings. The number of hydrogen-bond acceptors (Lipinski definition) is 4. The van der Waals surface area contributed by atoms with Crippen molar-refractivity contribution >= 4 is 11.8 Å². The lowest BCUT2D eigenvalue weighted by molar-refractivity contribution is -0.140. The number of halogens is 1. The van der Waals surface area contributed by atoms with E-state index >= 15 is 0 Å². The third-order valence-electron chi connectivity index (χ3n) is 4.99. The summed E-state index contributed by atoms with van der Waals surface area (Å²) in [5.74, 6) is -2.32. The first-order chi connectivity index (χ1) is 14.0. The van der Waals surface area contributed by atoms with E-state index in [1.165, 1.54) is 24.3 Å². The van der Waals surface area contributed by atoms with Crippen molar-refractivity contribution in [3.8, 4) is 5.75 Å². The van der Waals surface area contributed by atoms with E-state index < -0.39 is 23.5 Å². The molecule has 0 spiro atoms. The maximum absolute atomic E-state index is 13.0. The maximum atomic E-state index is 13.0. The quantitative estimate of drug-likeness (QED) is 0.324. The van der Waals surface area contributed by atoms with E-state index in [0.717, 1.165) is 37.4 Å². The maximum Gasteiger partial charge on any atom is 0.314 e. The summed E-state index contributed by atoms with van der Waals surface area (Å²) < 4.78 is 18.4. The number of ketones is 1. The molecule has 0 heterocycles. The number of carboxylic acid groups (broad SMARTS) is 1. The summed E-state index contributed by atoms with van der Waals surface area (Å²) in [4.78, 5) is 26.3. The number of carbonyl (C=O) groups is 2. The second kappa shape index (κ2) is 11.3. The topological polar surface area (TPSA) is 66.8 Å². The van der Waals surface area contributed by atoms with Crippen LogP contribution in [0.4, 0.5) is 4.39 Å². The SMILES string of the molecule is CCN(CCCCC(C(=O)O)C(=O)c1ccc(F)cc1)Cc1ccccc1OC. The second-order valence-corrected chi connectivity index (χ2v) is 6.94. The van der Waals surface area contributed by atoms with Crippen LogP contribution in [0.15, 0.2) is 48.5 Å². The van der Waals surface area contributed by atoms with Crippen molar-refractivity contribution in [2.24, 2.45) is 5.92 Å². The van der Waals surface area contributed by atoms with Gasteiger partial charge >= 0.3 is 5.97 Å². The van der Waals surface area contributed by atoms with Crippen molar-refractivity contribution in [1.29, 1.82) is 0 Å². The van der Waals surface area contributed by atoms with Crippen LogP contribution in [0, 0.1) is 11.7 Å². The number of Topliss-reactive ketones (excluding diaryl/α,β-unsaturated/α-hetero) is 1. The fourth-order valence-corrected chi connectivity index (χ4v) is 3.29. The van der Waals surface area contributed by atoms with Gasteiger partial charge in [-0.25, -0.2) is 4.39 Å². The number of carboxylic acids is 1. The Labute approximate surface area is 171 Å². The number of rotatable bonds is 12. The van der Waals surface area contributed by atoms with Gasteiger partial charge in [0.2, 0.25) is 0 Å². The lowest BCUT2D eigenvalue weighted by Crippen LogP contribution is -2.26. The Morgan fingerprint density at radius 1 is 1.10 bits per heavy atom. The minimum atomic E-state index is -1.14. The van der Waals surface area contributed by atoms with Gasteiger partial charge in [-0.2, -0.15) is 0 Å². The lowest BCUT2D eigenvalue weighted by atomic mass is 9.92. The summed E-state index contributed by atoms with van der Waals surface area (Å²) in [5.41, 5.74) is 1.33. The molecule has 0 amide bonds. The molecule has 0 aromatic heterocycles. The summed E-state index contributed by atoms with van der Waals surface area (Å²) in [6, 6.07) is 12.9. The zero-order valence-electron chi connectivity index (χ0n) is 16.9. The molecule has 2 rings (SSSR count). The third kappa shape index (κ3) is 6.68. The van der Waals surface area contributed by atoms with Crippen molar-refractivity contribution in [2.45, 2.75) is 32.7 Å². The van der Waals surface area contributed by atoms with Crippen molar-refractivity contribution in [2.75, 3.05) is 20.2 Å². The monoisotopic (exact) mass is 401 g/mol. The standard InChI is InChI=1S/C23H28FNO4/c1-3-25(16-18-8-4-5-10-21(18)29-2)15-7-6-9-20(23(27)28)22(26)17-11-13-19(24)14-12-17/h4-5,8,10-14,20H,3,6-7,9,15-16H2,1-2H3,(H,27,28). The molecular weight excluding hydrogens is 373 g/mol. The Kier molecular flexibility index (Phi) is 8.80. The molecule has 156 valence electrons. The Bertz CT molecular complexity index is 807. The number of benzene rings is 2. The number of nitrogens with zero attached hydrogens (tertiary/aromatic N) is 1. The van der Waals surface area contributed by atoms with Crippen LogP contribution in [0.5, 0.6) is 5.75 Å². The van der Waals surface area contributed by atoms with Gasteiger partial charge in [-0.3, -0.25) is 14.5 Å². The second-order valence-electron chi connectivity index (χ2n) is 6.94. The first-order valence-corrected chi connectivity index (χ1v) is 9.83. The Hall–Kier alpha value is -2.73. The van der Waals surface area contributed by atoms with E-state index in [1.807, 2.05) is 24.3 Å². The predicted molar refractivity (Wildman–Crippen MR) is 110 cm³/mol. The Balaban J connectivity index is 1.87. The molecule has 0 aliphatic carbocycles. The Morgan fingerprint density at radius 3 is 2.41 bits per heavy atom. The molecule has 5 nitrogen and oxygen atoms in total. The van der Waals surface area contributed by atoms with Crippen molar-refractivity contribution in [1.82, 2.24) is 4.90 Å². The fourth-order valence-electron chi connectivity index (χ4n) is 3.29. The number of ether oxygens (including phenoxy) is 1. The van der Waals surface area contributed by atoms with Gasteiger partial charge in [0, 0.05) is 17.7 Å². The van der Waals surface area contributed by atoms with Gasteiger partial charge in [0.15, 0.2) is 5.78 Å². The van der Waals surface area contributed by atoms with Crippen LogP contribution in [0.25, 0.3) is 0 Å². The van der Waals surface area contributed by atoms with Crippen molar-refractivity contribution < 1.29 is 23.8 Å². The number of unbranched alkanes of at least 4 members (excludes halogenated alkanes) is 1. The van der Waals surface area contributed by atoms with Crippen LogP contribution in [-0.2, 0) is 11.3 Å². The fraction of sp³-hybridized carbons (Fsp3) is 0.391. The highest BCUT2D eigenvalue weighted by atomic mass is 19.1. The highest BCUT2D eigenvalue weighted by molar-refractivity contribution is 6.08. The molecule has 0 saturated heterocycles. The van der Waals surface area contributed by atoms with E-state index in [9.17, 15) is 19.1 Å². The normalized spacial score (nSPS) is 12.0. The third-order valence-corrected chi connectivity index (χ3v) is 4.99. The minimum Gasteiger partial charge on any atom is -0.496 e. The molecule has 0 radical (unpaired) electrons. The van der Waals surface area contributed by atoms with E-state index in [2.05, 4.69) is 11.8 Å². The molecule has 2 aromatic carbocycles. The van der Waals surface area contributed by atoms with Crippen molar-refractivity contribution in [3.05, 3.63) is 65.5 Å². The van der Waals surface area contributed by atoms with Crippen LogP contribution in [0.2, 0.25) is 0 Å². The van der Waals surface area contributed by atoms with Gasteiger partial charge in [-0.15, -0.1) is 0 Å². The molecule has 0 aliphatic rings. The molecule has 0 bridgehead atoms. The smallest absolute Gasteiger partial charge is 0.314 e. The van der Waals surface area contributed by atoms with Crippen LogP contribution >= 0.6 is 0 Å². The van der Waals surface area contributed by atoms with Crippen LogP contribution in [-0.4, -0.2) is 42.0 Å². The summed E-state index contributed by atoms with van der Waals surface area (Å²) in [6.07, 6.45) is 1.66. The first kappa shape index (κ1) is 22.6. The van der Waals surface area contributed by atoms with E-state index in [0.29, 0.717) is 6.42 Å². The van der Waals surface area contributed by atoms with Gasteiger partial charge in [-0.1, -0.05) is 31.5 Å². The first-order valence-electron chi connectivity index (χ1n) is 9.83. The average molecular weight is 401 g/mol. The number of para-hydroxylation sites is 1. The van der Waals surface area contributed by atoms with E-state index in [4.69, 9.17) is 4.74 Å². The molecular formula is C23H28FNO4. The molecule has 1 unspecified atom stereocenters. The molecule has 0 aliphatic heterocycles. The van der Waals surface area contributed by atoms with Gasteiger partial charge in [0.25, 0.3) is 0 Å². The van der Waals surface area contributed by atoms with Gasteiger partial charge < -0.3 is 9.84 Å². The molecule has 0 fully saturated rings. The molecule has 6 heteroatoms. The Morgan fingerprint density at radius 2 is 1.79 bits per heavy atom. The number of hydrogen-bond donors (Lipinski definition) is 1. The highest BCUT2D eigenvalue weighted by Crippen LogP contribution is 2.20. The summed E-state index contributed by atoms with van der Waals surface area (Å²) in [7, 11) is 1.65. The number of carbonyl (C=O) groups excluding carboxylic acids is 1. The van der Waals surface area contributed by atoms with E-state index in [1.54, 1.807) is 7.11 Å². The number of aliphatic carboxylic acids is 1.